The molecule has 0 saturated carbocycles. The van der Waals surface area contributed by atoms with Gasteiger partial charge in [-0.25, -0.2) is 4.99 Å². The van der Waals surface area contributed by atoms with E-state index < -0.39 is 5.25 Å². The number of rotatable bonds is 5. The Morgan fingerprint density at radius 2 is 1.87 bits per heavy atom. The summed E-state index contributed by atoms with van der Waals surface area (Å²) in [5.41, 5.74) is 4.58. The molecule has 5 nitrogen and oxygen atoms in total. The van der Waals surface area contributed by atoms with Gasteiger partial charge in [0.05, 0.1) is 21.4 Å². The number of aliphatic imine (C=N–C) groups is 1. The highest BCUT2D eigenvalue weighted by molar-refractivity contribution is 8.15. The minimum Gasteiger partial charge on any atom is -0.325 e. The number of nitrogens with one attached hydrogen (secondary N) is 1. The van der Waals surface area contributed by atoms with E-state index >= 15 is 0 Å². The Hall–Kier alpha value is -2.02. The second-order valence-electron chi connectivity index (χ2n) is 7.18. The number of anilines is 1. The number of benzene rings is 2. The van der Waals surface area contributed by atoms with Gasteiger partial charge in [0.15, 0.2) is 5.17 Å². The topological polar surface area (TPSA) is 61.8 Å². The van der Waals surface area contributed by atoms with Gasteiger partial charge in [-0.1, -0.05) is 58.7 Å². The second-order valence-corrected chi connectivity index (χ2v) is 9.14. The average molecular weight is 464 g/mol. The van der Waals surface area contributed by atoms with Gasteiger partial charge in [0, 0.05) is 13.0 Å². The lowest BCUT2D eigenvalue weighted by Crippen LogP contribution is -2.33. The summed E-state index contributed by atoms with van der Waals surface area (Å²) in [6.07, 6.45) is 0.0216. The van der Waals surface area contributed by atoms with Gasteiger partial charge in [0.2, 0.25) is 11.8 Å². The fourth-order valence-corrected chi connectivity index (χ4v) is 4.99. The van der Waals surface area contributed by atoms with Crippen LogP contribution < -0.4 is 5.32 Å². The van der Waals surface area contributed by atoms with Crippen LogP contribution in [-0.2, 0) is 9.59 Å². The van der Waals surface area contributed by atoms with Crippen LogP contribution in [0, 0.1) is 20.8 Å². The summed E-state index contributed by atoms with van der Waals surface area (Å²) in [5.74, 6) is -0.416. The molecule has 30 heavy (non-hydrogen) atoms. The summed E-state index contributed by atoms with van der Waals surface area (Å²) in [6, 6.07) is 9.17. The van der Waals surface area contributed by atoms with Crippen molar-refractivity contribution in [2.24, 2.45) is 4.99 Å². The predicted molar refractivity (Wildman–Crippen MR) is 126 cm³/mol. The molecule has 1 N–H and O–H groups in total. The van der Waals surface area contributed by atoms with Crippen LogP contribution in [0.2, 0.25) is 10.0 Å². The molecule has 1 aliphatic heterocycles. The van der Waals surface area contributed by atoms with Crippen LogP contribution in [0.4, 0.5) is 11.4 Å². The Morgan fingerprint density at radius 1 is 1.20 bits per heavy atom. The molecule has 1 heterocycles. The van der Waals surface area contributed by atoms with Gasteiger partial charge in [0.25, 0.3) is 0 Å². The van der Waals surface area contributed by atoms with Crippen LogP contribution in [-0.4, -0.2) is 33.7 Å². The van der Waals surface area contributed by atoms with E-state index in [-0.39, 0.29) is 23.3 Å². The minimum absolute atomic E-state index is 0.0216. The number of halogens is 2. The van der Waals surface area contributed by atoms with Gasteiger partial charge in [-0.05, 0) is 51.0 Å². The average Bonchev–Trinajstić information content (AvgIpc) is 2.96. The summed E-state index contributed by atoms with van der Waals surface area (Å²) in [7, 11) is 0. The molecule has 158 valence electrons. The molecule has 1 saturated heterocycles. The van der Waals surface area contributed by atoms with E-state index in [2.05, 4.69) is 17.4 Å². The van der Waals surface area contributed by atoms with E-state index in [4.69, 9.17) is 28.2 Å². The number of amidine groups is 1. The summed E-state index contributed by atoms with van der Waals surface area (Å²) in [6.45, 7) is 8.46. The first-order valence-electron chi connectivity index (χ1n) is 9.59. The first kappa shape index (κ1) is 22.7. The highest BCUT2D eigenvalue weighted by atomic mass is 35.5. The van der Waals surface area contributed by atoms with Crippen LogP contribution in [0.1, 0.15) is 30.0 Å². The highest BCUT2D eigenvalue weighted by Crippen LogP contribution is 2.35. The molecule has 0 spiro atoms. The van der Waals surface area contributed by atoms with E-state index in [9.17, 15) is 9.59 Å². The van der Waals surface area contributed by atoms with E-state index in [1.165, 1.54) is 17.3 Å². The van der Waals surface area contributed by atoms with Crippen LogP contribution >= 0.6 is 35.0 Å². The van der Waals surface area contributed by atoms with Crippen LogP contribution in [0.5, 0.6) is 0 Å². The molecule has 2 aromatic carbocycles. The Kier molecular flexibility index (Phi) is 7.11. The van der Waals surface area contributed by atoms with Gasteiger partial charge >= 0.3 is 0 Å². The molecule has 3 rings (SSSR count). The van der Waals surface area contributed by atoms with Crippen molar-refractivity contribution >= 4 is 63.3 Å². The maximum absolute atomic E-state index is 12.9. The van der Waals surface area contributed by atoms with Crippen LogP contribution in [0.25, 0.3) is 0 Å². The van der Waals surface area contributed by atoms with Crippen molar-refractivity contribution in [1.82, 2.24) is 4.90 Å². The lowest BCUT2D eigenvalue weighted by Gasteiger charge is -2.15. The molecule has 0 radical (unpaired) electrons. The monoisotopic (exact) mass is 463 g/mol. The van der Waals surface area contributed by atoms with E-state index in [0.717, 1.165) is 16.8 Å². The summed E-state index contributed by atoms with van der Waals surface area (Å²) >= 11 is 13.5. The molecule has 2 amide bonds. The fraction of sp³-hybridized carbons (Fsp3) is 0.318. The molecule has 8 heteroatoms. The molecule has 1 fully saturated rings. The molecule has 1 aliphatic rings. The highest BCUT2D eigenvalue weighted by Gasteiger charge is 2.38. The van der Waals surface area contributed by atoms with Gasteiger partial charge in [0.1, 0.15) is 5.25 Å². The summed E-state index contributed by atoms with van der Waals surface area (Å²) in [5, 5.41) is 3.46. The van der Waals surface area contributed by atoms with Gasteiger partial charge in [-0.2, -0.15) is 0 Å². The summed E-state index contributed by atoms with van der Waals surface area (Å²) in [4.78, 5) is 31.8. The normalized spacial score (nSPS) is 17.7. The zero-order chi connectivity index (χ0) is 22.0. The Labute approximate surface area is 190 Å². The maximum atomic E-state index is 12.9. The zero-order valence-corrected chi connectivity index (χ0v) is 19.6. The molecular weight excluding hydrogens is 441 g/mol. The van der Waals surface area contributed by atoms with E-state index in [1.54, 1.807) is 23.1 Å². The van der Waals surface area contributed by atoms with Crippen molar-refractivity contribution in [1.29, 1.82) is 0 Å². The van der Waals surface area contributed by atoms with Crippen molar-refractivity contribution in [3.63, 3.8) is 0 Å². The van der Waals surface area contributed by atoms with Gasteiger partial charge in [-0.15, -0.1) is 0 Å². The van der Waals surface area contributed by atoms with Crippen molar-refractivity contribution in [2.45, 2.75) is 39.4 Å². The molecule has 2 aromatic rings. The number of aryl methyl sites for hydroxylation is 3. The standard InChI is InChI=1S/C22H23Cl2N3O2S/c1-5-27-21(29)17(11-18(28)25-16-8-6-7-15(23)19(16)24)30-22(27)26-20-13(3)9-12(2)10-14(20)4/h6-10,17H,5,11H2,1-4H3,(H,25,28). The van der Waals surface area contributed by atoms with Crippen LogP contribution in [0.15, 0.2) is 35.3 Å². The largest absolute Gasteiger partial charge is 0.325 e. The number of carbonyl (C=O) groups is 2. The van der Waals surface area contributed by atoms with Crippen molar-refractivity contribution in [3.05, 3.63) is 57.1 Å². The number of hydrogen-bond acceptors (Lipinski definition) is 4. The van der Waals surface area contributed by atoms with Gasteiger partial charge < -0.3 is 5.32 Å². The summed E-state index contributed by atoms with van der Waals surface area (Å²) < 4.78 is 0. The van der Waals surface area contributed by atoms with Crippen LogP contribution in [0.3, 0.4) is 0 Å². The lowest BCUT2D eigenvalue weighted by atomic mass is 10.1. The quantitative estimate of drug-likeness (QED) is 0.600. The first-order valence-corrected chi connectivity index (χ1v) is 11.2. The van der Waals surface area contributed by atoms with Crippen molar-refractivity contribution in [2.75, 3.05) is 11.9 Å². The molecule has 1 atom stereocenters. The third-order valence-electron chi connectivity index (χ3n) is 4.78. The number of amides is 2. The first-order chi connectivity index (χ1) is 14.2. The van der Waals surface area contributed by atoms with E-state index in [1.807, 2.05) is 27.7 Å². The van der Waals surface area contributed by atoms with Crippen molar-refractivity contribution in [3.8, 4) is 0 Å². The van der Waals surface area contributed by atoms with Crippen molar-refractivity contribution < 1.29 is 9.59 Å². The third kappa shape index (κ3) is 4.82. The Balaban J connectivity index is 1.79. The number of thioether (sulfide) groups is 1. The molecule has 0 aromatic heterocycles. The number of carbonyl (C=O) groups excluding carboxylic acids is 2. The molecule has 0 aliphatic carbocycles. The van der Waals surface area contributed by atoms with E-state index in [0.29, 0.717) is 22.4 Å². The molecule has 0 bridgehead atoms. The molecule has 1 unspecified atom stereocenters. The Morgan fingerprint density at radius 3 is 2.50 bits per heavy atom. The van der Waals surface area contributed by atoms with Gasteiger partial charge in [-0.3, -0.25) is 14.5 Å². The predicted octanol–water partition coefficient (Wildman–Crippen LogP) is 5.90. The number of hydrogen-bond donors (Lipinski definition) is 1. The molecular formula is C22H23Cl2N3O2S. The third-order valence-corrected chi connectivity index (χ3v) is 6.77. The minimum atomic E-state index is -0.535. The zero-order valence-electron chi connectivity index (χ0n) is 17.3. The Bertz CT molecular complexity index is 1020. The number of nitrogens with zero attached hydrogens (tertiary/aromatic N) is 2. The second kappa shape index (κ2) is 9.41. The lowest BCUT2D eigenvalue weighted by molar-refractivity contribution is -0.128. The fourth-order valence-electron chi connectivity index (χ4n) is 3.43. The smallest absolute Gasteiger partial charge is 0.242 e. The SMILES string of the molecule is CCN1C(=O)C(CC(=O)Nc2cccc(Cl)c2Cl)SC1=Nc1c(C)cc(C)cc1C. The maximum Gasteiger partial charge on any atom is 0.242 e.